The van der Waals surface area contributed by atoms with E-state index in [1.54, 1.807) is 24.3 Å². The SMILES string of the molecule is CCCCC(=O)Oc1cc(C(=O)OCc2ccc(Cl)cc2)cc(OC(=O)CCCC)c1OC(=O)CCCC. The first-order valence-electron chi connectivity index (χ1n) is 13.0. The summed E-state index contributed by atoms with van der Waals surface area (Å²) in [5.41, 5.74) is 0.672. The van der Waals surface area contributed by atoms with Crippen molar-refractivity contribution in [3.05, 3.63) is 52.5 Å². The van der Waals surface area contributed by atoms with Crippen LogP contribution >= 0.6 is 11.6 Å². The molecular formula is C29H35ClO8. The molecule has 0 atom stereocenters. The molecule has 0 N–H and O–H groups in total. The molecule has 0 aliphatic rings. The van der Waals surface area contributed by atoms with Gasteiger partial charge < -0.3 is 18.9 Å². The zero-order valence-electron chi connectivity index (χ0n) is 22.2. The number of hydrogen-bond donors (Lipinski definition) is 0. The van der Waals surface area contributed by atoms with E-state index < -0.39 is 23.9 Å². The van der Waals surface area contributed by atoms with E-state index in [0.717, 1.165) is 19.3 Å². The van der Waals surface area contributed by atoms with Crippen LogP contribution < -0.4 is 14.2 Å². The van der Waals surface area contributed by atoms with E-state index >= 15 is 0 Å². The Bertz CT molecular complexity index is 1050. The maximum absolute atomic E-state index is 12.9. The molecule has 8 nitrogen and oxygen atoms in total. The number of ether oxygens (including phenoxy) is 4. The van der Waals surface area contributed by atoms with Crippen LogP contribution in [0.5, 0.6) is 17.2 Å². The Morgan fingerprint density at radius 3 is 1.58 bits per heavy atom. The second-order valence-corrected chi connectivity index (χ2v) is 9.17. The predicted octanol–water partition coefficient (Wildman–Crippen LogP) is 6.98. The van der Waals surface area contributed by atoms with Crippen LogP contribution in [0.3, 0.4) is 0 Å². The fraction of sp³-hybridized carbons (Fsp3) is 0.448. The molecule has 38 heavy (non-hydrogen) atoms. The van der Waals surface area contributed by atoms with E-state index in [1.165, 1.54) is 12.1 Å². The minimum absolute atomic E-state index is 0.0381. The summed E-state index contributed by atoms with van der Waals surface area (Å²) in [4.78, 5) is 50.4. The molecule has 0 spiro atoms. The lowest BCUT2D eigenvalue weighted by Crippen LogP contribution is -2.16. The molecule has 0 saturated heterocycles. The lowest BCUT2D eigenvalue weighted by atomic mass is 10.1. The summed E-state index contributed by atoms with van der Waals surface area (Å²) in [5, 5.41) is 0.549. The first-order valence-corrected chi connectivity index (χ1v) is 13.4. The van der Waals surface area contributed by atoms with Crippen LogP contribution in [0.4, 0.5) is 0 Å². The van der Waals surface area contributed by atoms with Gasteiger partial charge in [-0.15, -0.1) is 0 Å². The lowest BCUT2D eigenvalue weighted by molar-refractivity contribution is -0.138. The van der Waals surface area contributed by atoms with Crippen LogP contribution in [-0.4, -0.2) is 23.9 Å². The second kappa shape index (κ2) is 16.5. The first-order chi connectivity index (χ1) is 18.3. The highest BCUT2D eigenvalue weighted by molar-refractivity contribution is 6.30. The lowest BCUT2D eigenvalue weighted by Gasteiger charge is -2.16. The molecule has 2 aromatic rings. The summed E-state index contributed by atoms with van der Waals surface area (Å²) >= 11 is 5.90. The minimum Gasteiger partial charge on any atom is -0.457 e. The summed E-state index contributed by atoms with van der Waals surface area (Å²) in [5.74, 6) is -3.11. The zero-order valence-corrected chi connectivity index (χ0v) is 22.9. The number of rotatable bonds is 15. The molecule has 0 saturated carbocycles. The summed E-state index contributed by atoms with van der Waals surface area (Å²) in [6.45, 7) is 5.75. The molecule has 0 amide bonds. The van der Waals surface area contributed by atoms with Gasteiger partial charge in [0, 0.05) is 24.3 Å². The topological polar surface area (TPSA) is 105 Å². The molecule has 0 aliphatic heterocycles. The number of carbonyl (C=O) groups excluding carboxylic acids is 4. The Morgan fingerprint density at radius 1 is 0.684 bits per heavy atom. The van der Waals surface area contributed by atoms with Crippen molar-refractivity contribution >= 4 is 35.5 Å². The third kappa shape index (κ3) is 10.5. The summed E-state index contributed by atoms with van der Waals surface area (Å²) < 4.78 is 21.9. The van der Waals surface area contributed by atoms with Crippen molar-refractivity contribution in [2.45, 2.75) is 85.2 Å². The molecule has 0 bridgehead atoms. The van der Waals surface area contributed by atoms with E-state index in [2.05, 4.69) is 0 Å². The van der Waals surface area contributed by atoms with E-state index in [1.807, 2.05) is 20.8 Å². The molecular weight excluding hydrogens is 512 g/mol. The zero-order chi connectivity index (χ0) is 27.9. The molecule has 0 aromatic heterocycles. The van der Waals surface area contributed by atoms with Crippen molar-refractivity contribution in [2.24, 2.45) is 0 Å². The van der Waals surface area contributed by atoms with Crippen LogP contribution in [0.1, 0.15) is 94.5 Å². The van der Waals surface area contributed by atoms with Crippen LogP contribution in [-0.2, 0) is 25.7 Å². The average Bonchev–Trinajstić information content (AvgIpc) is 2.90. The molecule has 0 heterocycles. The van der Waals surface area contributed by atoms with Gasteiger partial charge in [-0.05, 0) is 49.1 Å². The maximum Gasteiger partial charge on any atom is 0.338 e. The fourth-order valence-corrected chi connectivity index (χ4v) is 3.36. The predicted molar refractivity (Wildman–Crippen MR) is 142 cm³/mol. The number of carbonyl (C=O) groups is 4. The van der Waals surface area contributed by atoms with E-state index in [0.29, 0.717) is 29.8 Å². The van der Waals surface area contributed by atoms with Crippen molar-refractivity contribution < 1.29 is 38.1 Å². The van der Waals surface area contributed by atoms with E-state index in [9.17, 15) is 19.2 Å². The third-order valence-corrected chi connectivity index (χ3v) is 5.66. The molecule has 9 heteroatoms. The van der Waals surface area contributed by atoms with Gasteiger partial charge in [0.2, 0.25) is 5.75 Å². The number of benzene rings is 2. The summed E-state index contributed by atoms with van der Waals surface area (Å²) in [6, 6.07) is 9.29. The molecule has 0 aliphatic carbocycles. The fourth-order valence-electron chi connectivity index (χ4n) is 3.24. The Hall–Kier alpha value is -3.39. The van der Waals surface area contributed by atoms with Crippen LogP contribution in [0.2, 0.25) is 5.02 Å². The van der Waals surface area contributed by atoms with Gasteiger partial charge in [-0.25, -0.2) is 4.79 Å². The van der Waals surface area contributed by atoms with Gasteiger partial charge in [0.1, 0.15) is 6.61 Å². The maximum atomic E-state index is 12.9. The molecule has 0 fully saturated rings. The first kappa shape index (κ1) is 30.8. The second-order valence-electron chi connectivity index (χ2n) is 8.74. The quantitative estimate of drug-likeness (QED) is 0.174. The molecule has 0 radical (unpaired) electrons. The van der Waals surface area contributed by atoms with Gasteiger partial charge >= 0.3 is 23.9 Å². The smallest absolute Gasteiger partial charge is 0.338 e. The molecule has 0 unspecified atom stereocenters. The van der Waals surface area contributed by atoms with Crippen molar-refractivity contribution in [1.82, 2.24) is 0 Å². The molecule has 206 valence electrons. The Balaban J connectivity index is 2.43. The van der Waals surface area contributed by atoms with Gasteiger partial charge in [-0.2, -0.15) is 0 Å². The van der Waals surface area contributed by atoms with Gasteiger partial charge in [0.25, 0.3) is 0 Å². The standard InChI is InChI=1S/C29H35ClO8/c1-4-7-10-25(31)36-23-17-21(29(34)35-19-20-13-15-22(30)16-14-20)18-24(37-26(32)11-8-5-2)28(23)38-27(33)12-9-6-3/h13-18H,4-12,19H2,1-3H3. The monoisotopic (exact) mass is 546 g/mol. The van der Waals surface area contributed by atoms with Gasteiger partial charge in [-0.3, -0.25) is 14.4 Å². The third-order valence-electron chi connectivity index (χ3n) is 5.41. The number of unbranched alkanes of at least 4 members (excludes halogenated alkanes) is 3. The number of esters is 4. The van der Waals surface area contributed by atoms with Gasteiger partial charge in [0.05, 0.1) is 5.56 Å². The highest BCUT2D eigenvalue weighted by Crippen LogP contribution is 2.40. The van der Waals surface area contributed by atoms with Crippen LogP contribution in [0, 0.1) is 0 Å². The summed E-state index contributed by atoms with van der Waals surface area (Å²) in [6.07, 6.45) is 4.44. The van der Waals surface area contributed by atoms with Crippen LogP contribution in [0.15, 0.2) is 36.4 Å². The highest BCUT2D eigenvalue weighted by Gasteiger charge is 2.25. The Labute approximate surface area is 228 Å². The Kier molecular flexibility index (Phi) is 13.3. The van der Waals surface area contributed by atoms with Crippen molar-refractivity contribution in [3.8, 4) is 17.2 Å². The van der Waals surface area contributed by atoms with Crippen molar-refractivity contribution in [3.63, 3.8) is 0 Å². The van der Waals surface area contributed by atoms with Crippen molar-refractivity contribution in [1.29, 1.82) is 0 Å². The molecule has 2 rings (SSSR count). The minimum atomic E-state index is -0.750. The average molecular weight is 547 g/mol. The summed E-state index contributed by atoms with van der Waals surface area (Å²) in [7, 11) is 0. The normalized spacial score (nSPS) is 10.5. The van der Waals surface area contributed by atoms with Gasteiger partial charge in [0.15, 0.2) is 11.5 Å². The van der Waals surface area contributed by atoms with E-state index in [-0.39, 0.29) is 48.7 Å². The van der Waals surface area contributed by atoms with Gasteiger partial charge in [-0.1, -0.05) is 63.8 Å². The van der Waals surface area contributed by atoms with E-state index in [4.69, 9.17) is 30.5 Å². The van der Waals surface area contributed by atoms with Crippen molar-refractivity contribution in [2.75, 3.05) is 0 Å². The number of hydrogen-bond acceptors (Lipinski definition) is 8. The number of halogens is 1. The molecule has 2 aromatic carbocycles. The van der Waals surface area contributed by atoms with Crippen LogP contribution in [0.25, 0.3) is 0 Å². The highest BCUT2D eigenvalue weighted by atomic mass is 35.5. The largest absolute Gasteiger partial charge is 0.457 e. The Morgan fingerprint density at radius 2 is 1.13 bits per heavy atom.